The summed E-state index contributed by atoms with van der Waals surface area (Å²) < 4.78 is 14.0. The maximum absolute atomic E-state index is 11.3. The van der Waals surface area contributed by atoms with E-state index in [4.69, 9.17) is 23.8 Å². The summed E-state index contributed by atoms with van der Waals surface area (Å²) in [5.41, 5.74) is 3.03. The van der Waals surface area contributed by atoms with Gasteiger partial charge in [-0.1, -0.05) is 84.9 Å². The summed E-state index contributed by atoms with van der Waals surface area (Å²) in [6, 6.07) is 33.3. The Morgan fingerprint density at radius 1 is 0.373 bits per heavy atom. The van der Waals surface area contributed by atoms with Crippen molar-refractivity contribution in [2.24, 2.45) is 0 Å². The maximum atomic E-state index is 11.3. The molecule has 4 heterocycles. The van der Waals surface area contributed by atoms with Crippen LogP contribution in [0.25, 0.3) is 106 Å². The van der Waals surface area contributed by atoms with E-state index in [1.807, 2.05) is 78.9 Å². The molecule has 14 nitrogen and oxygen atoms in total. The van der Waals surface area contributed by atoms with Crippen molar-refractivity contribution in [3.8, 4) is 85.8 Å². The zero-order chi connectivity index (χ0) is 40.4. The highest BCUT2D eigenvalue weighted by Gasteiger charge is 2.33. The number of hydrogen-bond acceptors (Lipinski definition) is 13. The molecule has 0 aliphatic carbocycles. The molecule has 0 aliphatic heterocycles. The molecule has 0 saturated heterocycles. The molecular formula is C45H26N4O10. The van der Waals surface area contributed by atoms with E-state index in [1.54, 1.807) is 24.3 Å². The molecular weight excluding hydrogens is 757 g/mol. The number of fused-ring (bicyclic) bond motifs is 9. The Morgan fingerprint density at radius 3 is 1.59 bits per heavy atom. The van der Waals surface area contributed by atoms with Crippen LogP contribution in [0.4, 0.5) is 0 Å². The fourth-order valence-corrected chi connectivity index (χ4v) is 8.08. The molecule has 14 heteroatoms. The Balaban J connectivity index is 1.21. The topological polar surface area (TPSA) is 232 Å². The molecule has 7 aromatic carbocycles. The fraction of sp³-hybridized carbons (Fsp3) is 0. The first-order valence-electron chi connectivity index (χ1n) is 18.1. The maximum Gasteiger partial charge on any atom is 0.206 e. The van der Waals surface area contributed by atoms with Crippen LogP contribution in [0.3, 0.4) is 0 Å². The molecule has 8 N–H and O–H groups in total. The van der Waals surface area contributed by atoms with Gasteiger partial charge in [0, 0.05) is 32.7 Å². The molecule has 0 radical (unpaired) electrons. The number of hydrogen-bond donors (Lipinski definition) is 8. The monoisotopic (exact) mass is 782 g/mol. The van der Waals surface area contributed by atoms with Gasteiger partial charge in [-0.25, -0.2) is 15.0 Å². The lowest BCUT2D eigenvalue weighted by Crippen LogP contribution is -2.00. The van der Waals surface area contributed by atoms with Crippen LogP contribution in [-0.2, 0) is 0 Å². The van der Waals surface area contributed by atoms with Gasteiger partial charge in [0.15, 0.2) is 46.1 Å². The fourth-order valence-electron chi connectivity index (χ4n) is 8.08. The second-order valence-corrected chi connectivity index (χ2v) is 14.0. The third-order valence-electron chi connectivity index (χ3n) is 10.7. The largest absolute Gasteiger partial charge is 0.504 e. The predicted octanol–water partition coefficient (Wildman–Crippen LogP) is 9.41. The van der Waals surface area contributed by atoms with Crippen LogP contribution in [0.5, 0.6) is 46.0 Å². The lowest BCUT2D eigenvalue weighted by atomic mass is 10.0. The number of aromatic nitrogens is 4. The van der Waals surface area contributed by atoms with E-state index in [9.17, 15) is 40.9 Å². The third kappa shape index (κ3) is 4.53. The number of para-hydroxylation sites is 3. The van der Waals surface area contributed by atoms with Crippen molar-refractivity contribution in [3.63, 3.8) is 0 Å². The Morgan fingerprint density at radius 2 is 0.881 bits per heavy atom. The predicted molar refractivity (Wildman–Crippen MR) is 218 cm³/mol. The summed E-state index contributed by atoms with van der Waals surface area (Å²) in [5, 5.41) is 89.1. The van der Waals surface area contributed by atoms with Crippen molar-refractivity contribution in [2.75, 3.05) is 0 Å². The van der Waals surface area contributed by atoms with Crippen molar-refractivity contribution in [1.82, 2.24) is 19.5 Å². The van der Waals surface area contributed by atoms with E-state index in [2.05, 4.69) is 0 Å². The lowest BCUT2D eigenvalue weighted by Gasteiger charge is -2.12. The van der Waals surface area contributed by atoms with Gasteiger partial charge in [0.1, 0.15) is 27.8 Å². The van der Waals surface area contributed by atoms with Crippen LogP contribution in [0.2, 0.25) is 0 Å². The normalized spacial score (nSPS) is 11.9. The summed E-state index contributed by atoms with van der Waals surface area (Å²) in [4.78, 5) is 14.9. The molecule has 11 rings (SSSR count). The molecule has 0 fully saturated rings. The summed E-state index contributed by atoms with van der Waals surface area (Å²) in [7, 11) is 0. The van der Waals surface area contributed by atoms with Crippen molar-refractivity contribution < 1.29 is 49.7 Å². The van der Waals surface area contributed by atoms with E-state index in [0.717, 1.165) is 20.9 Å². The van der Waals surface area contributed by atoms with Gasteiger partial charge in [-0.3, -0.25) is 4.57 Å². The zero-order valence-corrected chi connectivity index (χ0v) is 30.1. The average molecular weight is 783 g/mol. The Labute approximate surface area is 329 Å². The summed E-state index contributed by atoms with van der Waals surface area (Å²) in [6.07, 6.45) is 0. The molecule has 0 amide bonds. The van der Waals surface area contributed by atoms with Gasteiger partial charge < -0.3 is 49.7 Å². The molecule has 286 valence electrons. The Bertz CT molecular complexity index is 3530. The van der Waals surface area contributed by atoms with Crippen LogP contribution >= 0.6 is 0 Å². The number of phenolic OH excluding ortho intramolecular Hbond substituents is 8. The quantitative estimate of drug-likeness (QED) is 0.0615. The van der Waals surface area contributed by atoms with Gasteiger partial charge in [-0.2, -0.15) is 0 Å². The summed E-state index contributed by atoms with van der Waals surface area (Å²) in [5.74, 6) is -7.32. The minimum Gasteiger partial charge on any atom is -0.504 e. The van der Waals surface area contributed by atoms with Crippen molar-refractivity contribution >= 4 is 65.7 Å². The average Bonchev–Trinajstić information content (AvgIpc) is 3.96. The smallest absolute Gasteiger partial charge is 0.206 e. The second kappa shape index (κ2) is 11.9. The van der Waals surface area contributed by atoms with Gasteiger partial charge >= 0.3 is 0 Å². The second-order valence-electron chi connectivity index (χ2n) is 14.0. The van der Waals surface area contributed by atoms with Crippen molar-refractivity contribution in [2.45, 2.75) is 0 Å². The highest BCUT2D eigenvalue weighted by Crippen LogP contribution is 2.59. The van der Waals surface area contributed by atoms with Crippen LogP contribution in [0.1, 0.15) is 0 Å². The van der Waals surface area contributed by atoms with Crippen molar-refractivity contribution in [3.05, 3.63) is 109 Å². The first-order valence-corrected chi connectivity index (χ1v) is 18.1. The van der Waals surface area contributed by atoms with E-state index in [-0.39, 0.29) is 11.3 Å². The molecule has 0 spiro atoms. The van der Waals surface area contributed by atoms with E-state index in [1.165, 1.54) is 6.07 Å². The van der Waals surface area contributed by atoms with Gasteiger partial charge in [0.2, 0.25) is 23.0 Å². The summed E-state index contributed by atoms with van der Waals surface area (Å²) in [6.45, 7) is 0. The van der Waals surface area contributed by atoms with Gasteiger partial charge in [0.25, 0.3) is 0 Å². The van der Waals surface area contributed by atoms with Crippen molar-refractivity contribution in [1.29, 1.82) is 0 Å². The number of furan rings is 2. The highest BCUT2D eigenvalue weighted by molar-refractivity contribution is 6.22. The minimum atomic E-state index is -1.13. The molecule has 0 atom stereocenters. The third-order valence-corrected chi connectivity index (χ3v) is 10.7. The number of nitrogens with zero attached hydrogens (tertiary/aromatic N) is 4. The molecule has 11 aromatic rings. The summed E-state index contributed by atoms with van der Waals surface area (Å²) >= 11 is 0. The molecule has 4 aromatic heterocycles. The van der Waals surface area contributed by atoms with Crippen LogP contribution in [0, 0.1) is 0 Å². The van der Waals surface area contributed by atoms with Gasteiger partial charge in [-0.15, -0.1) is 0 Å². The zero-order valence-electron chi connectivity index (χ0n) is 30.1. The van der Waals surface area contributed by atoms with Gasteiger partial charge in [0.05, 0.1) is 22.0 Å². The molecule has 0 aliphatic rings. The number of rotatable bonds is 4. The van der Waals surface area contributed by atoms with Crippen LogP contribution in [-0.4, -0.2) is 60.4 Å². The lowest BCUT2D eigenvalue weighted by molar-refractivity contribution is 0.350. The van der Waals surface area contributed by atoms with Crippen LogP contribution < -0.4 is 0 Å². The molecule has 0 unspecified atom stereocenters. The van der Waals surface area contributed by atoms with E-state index >= 15 is 0 Å². The first kappa shape index (κ1) is 33.7. The molecule has 0 bridgehead atoms. The standard InChI is InChI=1S/C45H26N4O10/c50-33-29-30-32(36(53)40(57)38(55)34(30)51)49(31(29)35(52)39(56)37(33)54)25-16-7-13-22-28-23(14-8-18-27(28)59-42(22)25)44-46-43(19-9-2-1-3-10-19)47-45(48-44)24-15-6-12-21-20-11-4-5-17-26(20)58-41(21)24/h1-18,50-57H. The molecule has 59 heavy (non-hydrogen) atoms. The molecule has 0 saturated carbocycles. The van der Waals surface area contributed by atoms with E-state index in [0.29, 0.717) is 56.1 Å². The Kier molecular flexibility index (Phi) is 6.81. The van der Waals surface area contributed by atoms with Gasteiger partial charge in [-0.05, 0) is 24.3 Å². The number of aromatic hydroxyl groups is 8. The number of benzene rings is 7. The SMILES string of the molecule is Oc1c(O)c(O)c2c(c1O)c1c(O)c(O)c(O)c(O)c1n2-c1cccc2c1oc1cccc(-c3nc(-c4ccccc4)nc(-c4cccc5c4oc4ccccc45)n3)c12. The highest BCUT2D eigenvalue weighted by atomic mass is 16.4. The first-order chi connectivity index (χ1) is 28.6. The van der Waals surface area contributed by atoms with E-state index < -0.39 is 67.8 Å². The number of phenols is 8. The minimum absolute atomic E-state index is 0.0853. The van der Waals surface area contributed by atoms with Crippen LogP contribution in [0.15, 0.2) is 118 Å². The Hall–Kier alpha value is -8.65.